The number of ether oxygens (including phenoxy) is 1. The molecule has 1 saturated carbocycles. The first-order valence-corrected chi connectivity index (χ1v) is 7.87. The van der Waals surface area contributed by atoms with E-state index in [1.165, 1.54) is 0 Å². The number of carboxylic acid groups (broad SMARTS) is 1. The summed E-state index contributed by atoms with van der Waals surface area (Å²) in [7, 11) is 1.58. The molecular weight excluding hydrogens is 296 g/mol. The van der Waals surface area contributed by atoms with E-state index in [0.29, 0.717) is 29.8 Å². The molecule has 1 aliphatic rings. The Hall–Kier alpha value is -2.43. The van der Waals surface area contributed by atoms with Crippen LogP contribution in [0.25, 0.3) is 21.9 Å². The average molecular weight is 314 g/mol. The molecule has 4 rings (SSSR count). The van der Waals surface area contributed by atoms with Gasteiger partial charge in [-0.3, -0.25) is 4.79 Å². The van der Waals surface area contributed by atoms with Gasteiger partial charge in [0.25, 0.3) is 0 Å². The lowest BCUT2D eigenvalue weighted by Gasteiger charge is -2.34. The van der Waals surface area contributed by atoms with Crippen LogP contribution in [0.1, 0.15) is 37.7 Å². The lowest BCUT2D eigenvalue weighted by Crippen LogP contribution is -2.38. The first-order valence-electron chi connectivity index (χ1n) is 7.87. The Balaban J connectivity index is 2.14. The summed E-state index contributed by atoms with van der Waals surface area (Å²) in [6.07, 6.45) is 7.26. The van der Waals surface area contributed by atoms with Gasteiger partial charge in [0.15, 0.2) is 11.3 Å². The molecule has 2 aromatic heterocycles. The van der Waals surface area contributed by atoms with Crippen molar-refractivity contribution in [3.8, 4) is 5.75 Å². The van der Waals surface area contributed by atoms with Gasteiger partial charge in [-0.2, -0.15) is 0 Å². The third kappa shape index (κ3) is 1.82. The van der Waals surface area contributed by atoms with Crippen LogP contribution in [0.3, 0.4) is 0 Å². The Labute approximate surface area is 132 Å². The second-order valence-electron chi connectivity index (χ2n) is 6.18. The molecule has 0 unspecified atom stereocenters. The SMILES string of the molecule is COc1c2ccoc2c(C2(C(=O)O)CCCCC2)c2ccoc12. The van der Waals surface area contributed by atoms with E-state index in [9.17, 15) is 9.90 Å². The summed E-state index contributed by atoms with van der Waals surface area (Å²) >= 11 is 0. The number of methoxy groups -OCH3 is 1. The molecule has 1 aromatic carbocycles. The van der Waals surface area contributed by atoms with E-state index in [1.54, 1.807) is 25.7 Å². The van der Waals surface area contributed by atoms with E-state index in [4.69, 9.17) is 13.6 Å². The predicted octanol–water partition coefficient (Wildman–Crippen LogP) is 4.47. The van der Waals surface area contributed by atoms with Gasteiger partial charge in [-0.25, -0.2) is 0 Å². The molecule has 0 radical (unpaired) electrons. The zero-order valence-corrected chi connectivity index (χ0v) is 12.9. The lowest BCUT2D eigenvalue weighted by molar-refractivity contribution is -0.145. The van der Waals surface area contributed by atoms with Crippen molar-refractivity contribution in [3.05, 3.63) is 30.2 Å². The number of furan rings is 2. The van der Waals surface area contributed by atoms with Gasteiger partial charge in [-0.1, -0.05) is 19.3 Å². The maximum Gasteiger partial charge on any atom is 0.314 e. The molecule has 0 spiro atoms. The summed E-state index contributed by atoms with van der Waals surface area (Å²) in [5.74, 6) is -0.198. The highest BCUT2D eigenvalue weighted by Gasteiger charge is 2.45. The third-order valence-electron chi connectivity index (χ3n) is 5.08. The van der Waals surface area contributed by atoms with Crippen molar-refractivity contribution in [3.63, 3.8) is 0 Å². The van der Waals surface area contributed by atoms with Gasteiger partial charge in [0.05, 0.1) is 30.4 Å². The van der Waals surface area contributed by atoms with E-state index in [2.05, 4.69) is 0 Å². The Morgan fingerprint density at radius 1 is 1.09 bits per heavy atom. The zero-order valence-electron chi connectivity index (χ0n) is 12.9. The molecule has 5 heteroatoms. The molecule has 120 valence electrons. The summed E-state index contributed by atoms with van der Waals surface area (Å²) in [5.41, 5.74) is 0.986. The fourth-order valence-electron chi connectivity index (χ4n) is 4.01. The van der Waals surface area contributed by atoms with Crippen molar-refractivity contribution in [1.82, 2.24) is 0 Å². The molecule has 0 aliphatic heterocycles. The lowest BCUT2D eigenvalue weighted by atomic mass is 9.68. The van der Waals surface area contributed by atoms with E-state index in [1.807, 2.05) is 6.07 Å². The van der Waals surface area contributed by atoms with Gasteiger partial charge in [-0.05, 0) is 25.0 Å². The molecule has 0 amide bonds. The Morgan fingerprint density at radius 3 is 2.39 bits per heavy atom. The van der Waals surface area contributed by atoms with Gasteiger partial charge >= 0.3 is 5.97 Å². The van der Waals surface area contributed by atoms with Gasteiger partial charge in [-0.15, -0.1) is 0 Å². The number of rotatable bonds is 3. The maximum absolute atomic E-state index is 12.3. The molecule has 0 saturated heterocycles. The smallest absolute Gasteiger partial charge is 0.314 e. The Kier molecular flexibility index (Phi) is 3.11. The normalized spacial score (nSPS) is 17.6. The standard InChI is InChI=1S/C18H18O5/c1-21-15-12-6-10-22-14(12)13(11-5-9-23-16(11)15)18(17(19)20)7-3-2-4-8-18/h5-6,9-10H,2-4,7-8H2,1H3,(H,19,20). The van der Waals surface area contributed by atoms with Crippen LogP contribution in [0.2, 0.25) is 0 Å². The van der Waals surface area contributed by atoms with Crippen LogP contribution in [0.5, 0.6) is 5.75 Å². The van der Waals surface area contributed by atoms with Crippen molar-refractivity contribution in [2.45, 2.75) is 37.5 Å². The largest absolute Gasteiger partial charge is 0.492 e. The molecular formula is C18H18O5. The Morgan fingerprint density at radius 2 is 1.74 bits per heavy atom. The van der Waals surface area contributed by atoms with Gasteiger partial charge in [0.1, 0.15) is 5.58 Å². The first kappa shape index (κ1) is 14.2. The van der Waals surface area contributed by atoms with Crippen LogP contribution in [0.4, 0.5) is 0 Å². The molecule has 2 heterocycles. The molecule has 0 bridgehead atoms. The average Bonchev–Trinajstić information content (AvgIpc) is 3.22. The quantitative estimate of drug-likeness (QED) is 0.772. The highest BCUT2D eigenvalue weighted by molar-refractivity contribution is 6.07. The molecule has 23 heavy (non-hydrogen) atoms. The highest BCUT2D eigenvalue weighted by Crippen LogP contribution is 2.49. The molecule has 3 aromatic rings. The van der Waals surface area contributed by atoms with Crippen molar-refractivity contribution < 1.29 is 23.5 Å². The minimum absolute atomic E-state index is 0.586. The van der Waals surface area contributed by atoms with Crippen LogP contribution < -0.4 is 4.74 Å². The monoisotopic (exact) mass is 314 g/mol. The minimum atomic E-state index is -0.928. The number of aliphatic carboxylic acids is 1. The molecule has 1 aliphatic carbocycles. The minimum Gasteiger partial charge on any atom is -0.492 e. The number of hydrogen-bond donors (Lipinski definition) is 1. The first-order chi connectivity index (χ1) is 11.2. The number of carbonyl (C=O) groups is 1. The van der Waals surface area contributed by atoms with Crippen LogP contribution in [-0.4, -0.2) is 18.2 Å². The maximum atomic E-state index is 12.3. The second kappa shape index (κ2) is 5.05. The van der Waals surface area contributed by atoms with Crippen molar-refractivity contribution in [2.24, 2.45) is 0 Å². The molecule has 1 fully saturated rings. The van der Waals surface area contributed by atoms with E-state index in [-0.39, 0.29) is 0 Å². The van der Waals surface area contributed by atoms with Crippen molar-refractivity contribution >= 4 is 27.9 Å². The highest BCUT2D eigenvalue weighted by atomic mass is 16.5. The number of carboxylic acids is 1. The fraction of sp³-hybridized carbons (Fsp3) is 0.389. The van der Waals surface area contributed by atoms with Crippen molar-refractivity contribution in [1.29, 1.82) is 0 Å². The van der Waals surface area contributed by atoms with Crippen LogP contribution in [0, 0.1) is 0 Å². The topological polar surface area (TPSA) is 72.8 Å². The third-order valence-corrected chi connectivity index (χ3v) is 5.08. The van der Waals surface area contributed by atoms with E-state index < -0.39 is 11.4 Å². The summed E-state index contributed by atoms with van der Waals surface area (Å²) in [5, 5.41) is 11.6. The van der Waals surface area contributed by atoms with Crippen LogP contribution in [0.15, 0.2) is 33.5 Å². The summed E-state index contributed by atoms with van der Waals surface area (Å²) < 4.78 is 16.8. The second-order valence-corrected chi connectivity index (χ2v) is 6.18. The summed E-state index contributed by atoms with van der Waals surface area (Å²) in [4.78, 5) is 12.3. The van der Waals surface area contributed by atoms with E-state index in [0.717, 1.165) is 35.6 Å². The van der Waals surface area contributed by atoms with Crippen molar-refractivity contribution in [2.75, 3.05) is 7.11 Å². The van der Waals surface area contributed by atoms with Gasteiger partial charge in [0, 0.05) is 10.9 Å². The molecule has 0 atom stereocenters. The van der Waals surface area contributed by atoms with Crippen LogP contribution in [-0.2, 0) is 10.2 Å². The predicted molar refractivity (Wildman–Crippen MR) is 84.9 cm³/mol. The fourth-order valence-corrected chi connectivity index (χ4v) is 4.01. The summed E-state index contributed by atoms with van der Waals surface area (Å²) in [6, 6.07) is 3.62. The number of hydrogen-bond acceptors (Lipinski definition) is 4. The zero-order chi connectivity index (χ0) is 16.0. The van der Waals surface area contributed by atoms with Crippen LogP contribution >= 0.6 is 0 Å². The number of benzene rings is 1. The molecule has 5 nitrogen and oxygen atoms in total. The van der Waals surface area contributed by atoms with E-state index >= 15 is 0 Å². The number of fused-ring (bicyclic) bond motifs is 2. The Bertz CT molecular complexity index is 828. The summed E-state index contributed by atoms with van der Waals surface area (Å²) in [6.45, 7) is 0. The molecule has 1 N–H and O–H groups in total. The van der Waals surface area contributed by atoms with Gasteiger partial charge < -0.3 is 18.7 Å². The van der Waals surface area contributed by atoms with Gasteiger partial charge in [0.2, 0.25) is 0 Å².